The highest BCUT2D eigenvalue weighted by atomic mass is 32.1. The van der Waals surface area contributed by atoms with Crippen molar-refractivity contribution in [2.75, 3.05) is 13.1 Å². The first-order valence-corrected chi connectivity index (χ1v) is 19.8. The molecule has 1 saturated carbocycles. The van der Waals surface area contributed by atoms with Crippen molar-refractivity contribution in [3.05, 3.63) is 129 Å². The fourth-order valence-corrected chi connectivity index (χ4v) is 9.10. The molecule has 274 valence electrons. The Hall–Kier alpha value is -4.04. The normalized spacial score (nSPS) is 23.5. The van der Waals surface area contributed by atoms with Crippen molar-refractivity contribution in [3.8, 4) is 11.1 Å². The molecule has 3 aliphatic carbocycles. The third-order valence-electron chi connectivity index (χ3n) is 11.5. The summed E-state index contributed by atoms with van der Waals surface area (Å²) in [5.41, 5.74) is 4.65. The molecule has 0 radical (unpaired) electrons. The number of nitrogens with zero attached hydrogens (tertiary/aromatic N) is 1. The number of amides is 2. The van der Waals surface area contributed by atoms with Gasteiger partial charge in [0.25, 0.3) is 0 Å². The average molecular weight is 719 g/mol. The van der Waals surface area contributed by atoms with Gasteiger partial charge in [0.2, 0.25) is 0 Å². The molecule has 2 amide bonds. The van der Waals surface area contributed by atoms with E-state index in [1.165, 1.54) is 10.5 Å². The van der Waals surface area contributed by atoms with Gasteiger partial charge >= 0.3 is 6.03 Å². The Kier molecular flexibility index (Phi) is 11.8. The third-order valence-corrected chi connectivity index (χ3v) is 12.5. The first kappa shape index (κ1) is 37.7. The number of aliphatic hydroxyl groups excluding tert-OH is 1. The van der Waals surface area contributed by atoms with Gasteiger partial charge < -0.3 is 20.4 Å². The summed E-state index contributed by atoms with van der Waals surface area (Å²) in [4.78, 5) is 31.3. The number of benzene rings is 3. The van der Waals surface area contributed by atoms with Crippen molar-refractivity contribution in [1.29, 1.82) is 0 Å². The lowest BCUT2D eigenvalue weighted by atomic mass is 9.64. The SMILES string of the molecule is CC1=CCCC2(C)C(CCC2(O)CN(CCc2cccs2)C(=O)NC(C)C)c2ccc(cc2C(=O)c2ccc(-c3ccccc3)cc2)CC(O)CC1. The quantitative estimate of drug-likeness (QED) is 0.119. The van der Waals surface area contributed by atoms with Crippen LogP contribution in [0.4, 0.5) is 4.79 Å². The Balaban J connectivity index is 1.39. The number of nitrogens with one attached hydrogen (secondary N) is 1. The highest BCUT2D eigenvalue weighted by Crippen LogP contribution is 2.59. The number of thiophene rings is 1. The minimum atomic E-state index is -1.19. The summed E-state index contributed by atoms with van der Waals surface area (Å²) in [6, 6.07) is 28.0. The van der Waals surface area contributed by atoms with Gasteiger partial charge in [-0.2, -0.15) is 0 Å². The summed E-state index contributed by atoms with van der Waals surface area (Å²) >= 11 is 1.68. The smallest absolute Gasteiger partial charge is 0.317 e. The molecule has 1 fully saturated rings. The molecule has 2 bridgehead atoms. The van der Waals surface area contributed by atoms with Gasteiger partial charge in [0, 0.05) is 34.0 Å². The average Bonchev–Trinajstić information content (AvgIpc) is 3.74. The second-order valence-electron chi connectivity index (χ2n) is 15.6. The number of hydrogen-bond acceptors (Lipinski definition) is 5. The second-order valence-corrected chi connectivity index (χ2v) is 16.6. The predicted octanol–water partition coefficient (Wildman–Crippen LogP) is 9.35. The zero-order chi connectivity index (χ0) is 36.9. The lowest BCUT2D eigenvalue weighted by Crippen LogP contribution is -2.56. The van der Waals surface area contributed by atoms with Crippen LogP contribution >= 0.6 is 11.3 Å². The zero-order valence-electron chi connectivity index (χ0n) is 31.1. The van der Waals surface area contributed by atoms with E-state index in [1.807, 2.05) is 73.3 Å². The molecule has 4 unspecified atom stereocenters. The molecular weight excluding hydrogens is 665 g/mol. The van der Waals surface area contributed by atoms with Gasteiger partial charge in [-0.05, 0) is 118 Å². The molecule has 1 heterocycles. The van der Waals surface area contributed by atoms with E-state index in [0.717, 1.165) is 41.5 Å². The number of fused-ring (bicyclic) bond motifs is 8. The number of ketones is 1. The molecule has 0 saturated heterocycles. The van der Waals surface area contributed by atoms with E-state index < -0.39 is 17.1 Å². The Labute approximate surface area is 313 Å². The largest absolute Gasteiger partial charge is 0.393 e. The third kappa shape index (κ3) is 8.43. The predicted molar refractivity (Wildman–Crippen MR) is 212 cm³/mol. The van der Waals surface area contributed by atoms with Crippen LogP contribution in [0.5, 0.6) is 0 Å². The zero-order valence-corrected chi connectivity index (χ0v) is 31.9. The monoisotopic (exact) mass is 718 g/mol. The van der Waals surface area contributed by atoms with Crippen molar-refractivity contribution >= 4 is 23.2 Å². The summed E-state index contributed by atoms with van der Waals surface area (Å²) in [5, 5.41) is 29.1. The molecule has 3 N–H and O–H groups in total. The van der Waals surface area contributed by atoms with Crippen molar-refractivity contribution < 1.29 is 19.8 Å². The highest BCUT2D eigenvalue weighted by molar-refractivity contribution is 7.09. The van der Waals surface area contributed by atoms with Crippen LogP contribution in [0, 0.1) is 5.41 Å². The van der Waals surface area contributed by atoms with Gasteiger partial charge in [-0.1, -0.05) is 91.4 Å². The van der Waals surface area contributed by atoms with Crippen molar-refractivity contribution in [3.63, 3.8) is 0 Å². The van der Waals surface area contributed by atoms with Crippen molar-refractivity contribution in [2.45, 2.75) is 103 Å². The molecule has 1 aromatic heterocycles. The summed E-state index contributed by atoms with van der Waals surface area (Å²) in [7, 11) is 0. The van der Waals surface area contributed by atoms with Crippen LogP contribution in [0.2, 0.25) is 0 Å². The topological polar surface area (TPSA) is 89.9 Å². The van der Waals surface area contributed by atoms with Gasteiger partial charge in [-0.3, -0.25) is 4.79 Å². The molecule has 4 atom stereocenters. The van der Waals surface area contributed by atoms with Crippen LogP contribution in [0.1, 0.15) is 104 Å². The van der Waals surface area contributed by atoms with E-state index in [4.69, 9.17) is 0 Å². The molecule has 3 aliphatic rings. The molecular formula is C45H54N2O4S. The Bertz CT molecular complexity index is 1850. The van der Waals surface area contributed by atoms with Crippen molar-refractivity contribution in [2.24, 2.45) is 5.41 Å². The van der Waals surface area contributed by atoms with E-state index in [-0.39, 0.29) is 30.3 Å². The molecule has 0 aliphatic heterocycles. The first-order chi connectivity index (χ1) is 25.0. The van der Waals surface area contributed by atoms with Gasteiger partial charge in [-0.15, -0.1) is 11.3 Å². The van der Waals surface area contributed by atoms with E-state index in [2.05, 4.69) is 61.0 Å². The van der Waals surface area contributed by atoms with E-state index in [1.54, 1.807) is 11.3 Å². The maximum Gasteiger partial charge on any atom is 0.317 e. The van der Waals surface area contributed by atoms with E-state index in [9.17, 15) is 19.8 Å². The van der Waals surface area contributed by atoms with E-state index >= 15 is 0 Å². The van der Waals surface area contributed by atoms with Crippen LogP contribution in [-0.2, 0) is 12.8 Å². The van der Waals surface area contributed by atoms with Crippen molar-refractivity contribution in [1.82, 2.24) is 10.2 Å². The number of rotatable bonds is 9. The molecule has 0 spiro atoms. The van der Waals surface area contributed by atoms with E-state index in [0.29, 0.717) is 49.8 Å². The minimum Gasteiger partial charge on any atom is -0.393 e. The number of urea groups is 1. The van der Waals surface area contributed by atoms with Gasteiger partial charge in [0.1, 0.15) is 0 Å². The number of aliphatic hydroxyl groups is 2. The molecule has 3 aromatic carbocycles. The maximum atomic E-state index is 14.6. The standard InChI is InChI=1S/C45H54N2O4S/c1-31(2)46-43(50)47(26-23-38-13-9-27-52-38)30-45(51)25-22-41-39-21-15-33(28-37(48)20-14-32(3)10-8-24-44(41,45)4)29-40(39)42(49)36-18-16-35(17-19-36)34-11-6-5-7-12-34/h5-7,9-13,15-19,21,27,29,31,37,41,48,51H,8,14,20,22-26,28,30H2,1-4H3,(H,46,50). The molecule has 7 heteroatoms. The first-order valence-electron chi connectivity index (χ1n) is 18.9. The van der Waals surface area contributed by atoms with Crippen LogP contribution in [0.25, 0.3) is 11.1 Å². The number of carbonyl (C=O) groups excluding carboxylic acids is 2. The van der Waals surface area contributed by atoms with Gasteiger partial charge in [-0.25, -0.2) is 4.79 Å². The fraction of sp³-hybridized carbons (Fsp3) is 0.422. The maximum absolute atomic E-state index is 14.6. The second kappa shape index (κ2) is 16.3. The number of hydrogen-bond donors (Lipinski definition) is 3. The summed E-state index contributed by atoms with van der Waals surface area (Å²) in [6.07, 6.45) is 7.01. The highest BCUT2D eigenvalue weighted by Gasteiger charge is 2.57. The summed E-state index contributed by atoms with van der Waals surface area (Å²) in [6.45, 7) is 8.93. The lowest BCUT2D eigenvalue weighted by Gasteiger charge is -2.46. The van der Waals surface area contributed by atoms with Crippen LogP contribution in [-0.4, -0.2) is 57.8 Å². The summed E-state index contributed by atoms with van der Waals surface area (Å²) in [5.74, 6) is -0.177. The molecule has 7 rings (SSSR count). The fourth-order valence-electron chi connectivity index (χ4n) is 8.40. The Morgan fingerprint density at radius 1 is 0.962 bits per heavy atom. The summed E-state index contributed by atoms with van der Waals surface area (Å²) < 4.78 is 0. The number of allylic oxidation sites excluding steroid dienone is 2. The van der Waals surface area contributed by atoms with Crippen LogP contribution < -0.4 is 5.32 Å². The Morgan fingerprint density at radius 3 is 2.42 bits per heavy atom. The minimum absolute atomic E-state index is 0.0341. The number of carbonyl (C=O) groups is 2. The van der Waals surface area contributed by atoms with Gasteiger partial charge in [0.05, 0.1) is 18.2 Å². The van der Waals surface area contributed by atoms with Crippen LogP contribution in [0.15, 0.2) is 102 Å². The molecule has 6 nitrogen and oxygen atoms in total. The molecule has 52 heavy (non-hydrogen) atoms. The van der Waals surface area contributed by atoms with Crippen LogP contribution in [0.3, 0.4) is 0 Å². The lowest BCUT2D eigenvalue weighted by molar-refractivity contribution is -0.0769. The molecule has 4 aromatic rings. The van der Waals surface area contributed by atoms with Gasteiger partial charge in [0.15, 0.2) is 5.78 Å². The Morgan fingerprint density at radius 2 is 1.71 bits per heavy atom.